The maximum atomic E-state index is 11.1. The summed E-state index contributed by atoms with van der Waals surface area (Å²) in [4.78, 5) is 32.0. The molecule has 0 aromatic heterocycles. The van der Waals surface area contributed by atoms with Gasteiger partial charge in [0, 0.05) is 11.6 Å². The summed E-state index contributed by atoms with van der Waals surface area (Å²) >= 11 is 2.99. The minimum absolute atomic E-state index is 0.182. The number of benzene rings is 1. The van der Waals surface area contributed by atoms with E-state index in [-0.39, 0.29) is 27.7 Å². The largest absolute Gasteiger partial charge is 0.469 e. The number of ether oxygens (including phenoxy) is 1. The third-order valence-electron chi connectivity index (χ3n) is 2.09. The first-order valence-corrected chi connectivity index (χ1v) is 5.27. The smallest absolute Gasteiger partial charge is 0.310 e. The topological polar surface area (TPSA) is 86.5 Å². The molecule has 90 valence electrons. The van der Waals surface area contributed by atoms with Crippen LogP contribution in [0.1, 0.15) is 15.9 Å². The summed E-state index contributed by atoms with van der Waals surface area (Å²) < 4.78 is 4.64. The van der Waals surface area contributed by atoms with Gasteiger partial charge < -0.3 is 4.74 Å². The van der Waals surface area contributed by atoms with Crippen molar-refractivity contribution >= 4 is 33.9 Å². The predicted molar refractivity (Wildman–Crippen MR) is 61.9 cm³/mol. The Bertz CT molecular complexity index is 486. The molecule has 0 unspecified atom stereocenters. The molecule has 0 bridgehead atoms. The maximum Gasteiger partial charge on any atom is 0.310 e. The fourth-order valence-electron chi connectivity index (χ4n) is 1.25. The average Bonchev–Trinajstić information content (AvgIpc) is 2.30. The van der Waals surface area contributed by atoms with E-state index < -0.39 is 10.9 Å². The van der Waals surface area contributed by atoms with Crippen LogP contribution in [0.25, 0.3) is 0 Å². The van der Waals surface area contributed by atoms with Crippen LogP contribution in [0.4, 0.5) is 5.69 Å². The van der Waals surface area contributed by atoms with Crippen LogP contribution in [0.3, 0.4) is 0 Å². The number of rotatable bonds is 4. The fourth-order valence-corrected chi connectivity index (χ4v) is 1.76. The summed E-state index contributed by atoms with van der Waals surface area (Å²) in [5.41, 5.74) is 0.282. The summed E-state index contributed by atoms with van der Waals surface area (Å²) in [5.74, 6) is -0.565. The van der Waals surface area contributed by atoms with Gasteiger partial charge in [0.2, 0.25) is 0 Å². The van der Waals surface area contributed by atoms with E-state index in [0.717, 1.165) is 0 Å². The molecule has 0 saturated carbocycles. The predicted octanol–water partition coefficient (Wildman–Crippen LogP) is 1.89. The number of esters is 1. The first kappa shape index (κ1) is 13.3. The van der Waals surface area contributed by atoms with Crippen molar-refractivity contribution in [1.82, 2.24) is 0 Å². The van der Waals surface area contributed by atoms with Gasteiger partial charge in [-0.1, -0.05) is 0 Å². The molecule has 0 spiro atoms. The summed E-state index contributed by atoms with van der Waals surface area (Å²) in [6, 6.07) is 2.49. The molecule has 0 amide bonds. The van der Waals surface area contributed by atoms with Crippen LogP contribution in [0, 0.1) is 10.1 Å². The normalized spacial score (nSPS) is 9.76. The third kappa shape index (κ3) is 3.10. The molecule has 0 atom stereocenters. The number of nitro groups is 1. The Morgan fingerprint density at radius 3 is 2.71 bits per heavy atom. The highest BCUT2D eigenvalue weighted by Crippen LogP contribution is 2.28. The van der Waals surface area contributed by atoms with Crippen molar-refractivity contribution in [2.75, 3.05) is 7.11 Å². The van der Waals surface area contributed by atoms with Crippen molar-refractivity contribution in [3.8, 4) is 0 Å². The van der Waals surface area contributed by atoms with Crippen LogP contribution >= 0.6 is 15.9 Å². The van der Waals surface area contributed by atoms with Gasteiger partial charge in [0.05, 0.1) is 22.9 Å². The van der Waals surface area contributed by atoms with Crippen molar-refractivity contribution in [1.29, 1.82) is 0 Å². The van der Waals surface area contributed by atoms with Crippen LogP contribution in [0.15, 0.2) is 16.6 Å². The number of nitrogens with zero attached hydrogens (tertiary/aromatic N) is 1. The van der Waals surface area contributed by atoms with Gasteiger partial charge in [0.15, 0.2) is 0 Å². The van der Waals surface area contributed by atoms with Crippen molar-refractivity contribution in [2.45, 2.75) is 6.42 Å². The van der Waals surface area contributed by atoms with E-state index in [1.807, 2.05) is 0 Å². The molecular formula is C10H8BrNO5. The fraction of sp³-hybridized carbons (Fsp3) is 0.200. The molecule has 1 aromatic rings. The number of methoxy groups -OCH3 is 1. The van der Waals surface area contributed by atoms with E-state index >= 15 is 0 Å². The highest BCUT2D eigenvalue weighted by atomic mass is 79.9. The molecule has 0 radical (unpaired) electrons. The highest BCUT2D eigenvalue weighted by Gasteiger charge is 2.18. The molecule has 6 nitrogen and oxygen atoms in total. The maximum absolute atomic E-state index is 11.1. The molecule has 0 saturated heterocycles. The zero-order valence-corrected chi connectivity index (χ0v) is 10.4. The van der Waals surface area contributed by atoms with Gasteiger partial charge in [-0.05, 0) is 27.6 Å². The highest BCUT2D eigenvalue weighted by molar-refractivity contribution is 9.10. The van der Waals surface area contributed by atoms with E-state index in [4.69, 9.17) is 0 Å². The molecule has 0 aliphatic carbocycles. The zero-order valence-electron chi connectivity index (χ0n) is 8.81. The lowest BCUT2D eigenvalue weighted by atomic mass is 10.0. The molecule has 1 aromatic carbocycles. The SMILES string of the molecule is COC(=O)Cc1cc([N+](=O)[O-])c(Br)cc1C=O. The van der Waals surface area contributed by atoms with Gasteiger partial charge in [-0.25, -0.2) is 0 Å². The monoisotopic (exact) mass is 301 g/mol. The lowest BCUT2D eigenvalue weighted by molar-refractivity contribution is -0.385. The number of halogens is 1. The van der Waals surface area contributed by atoms with Crippen LogP contribution in [-0.4, -0.2) is 24.3 Å². The molecule has 0 aliphatic heterocycles. The standard InChI is InChI=1S/C10H8BrNO5/c1-17-10(14)4-6-3-9(12(15)16)8(11)2-7(6)5-13/h2-3,5H,4H2,1H3. The van der Waals surface area contributed by atoms with E-state index in [1.54, 1.807) is 0 Å². The minimum Gasteiger partial charge on any atom is -0.469 e. The van der Waals surface area contributed by atoms with Crippen LogP contribution < -0.4 is 0 Å². The Morgan fingerprint density at radius 2 is 2.24 bits per heavy atom. The summed E-state index contributed by atoms with van der Waals surface area (Å²) in [5, 5.41) is 10.7. The number of nitro benzene ring substituents is 1. The molecule has 1 rings (SSSR count). The molecule has 7 heteroatoms. The minimum atomic E-state index is -0.598. The van der Waals surface area contributed by atoms with Gasteiger partial charge in [0.25, 0.3) is 5.69 Å². The van der Waals surface area contributed by atoms with Crippen molar-refractivity contribution in [3.63, 3.8) is 0 Å². The zero-order chi connectivity index (χ0) is 13.0. The number of carbonyl (C=O) groups is 2. The number of hydrogen-bond donors (Lipinski definition) is 0. The van der Waals surface area contributed by atoms with Crippen molar-refractivity contribution in [2.24, 2.45) is 0 Å². The van der Waals surface area contributed by atoms with Crippen molar-refractivity contribution in [3.05, 3.63) is 37.8 Å². The number of aldehydes is 1. The van der Waals surface area contributed by atoms with Gasteiger partial charge >= 0.3 is 5.97 Å². The van der Waals surface area contributed by atoms with E-state index in [0.29, 0.717) is 6.29 Å². The molecule has 0 heterocycles. The van der Waals surface area contributed by atoms with Crippen molar-refractivity contribution < 1.29 is 19.2 Å². The summed E-state index contributed by atoms with van der Waals surface area (Å²) in [6.07, 6.45) is 0.353. The second kappa shape index (κ2) is 5.53. The molecule has 0 N–H and O–H groups in total. The van der Waals surface area contributed by atoms with Crippen LogP contribution in [0.2, 0.25) is 0 Å². The summed E-state index contributed by atoms with van der Waals surface area (Å²) in [6.45, 7) is 0. The molecular weight excluding hydrogens is 294 g/mol. The Hall–Kier alpha value is -1.76. The molecule has 0 aliphatic rings. The van der Waals surface area contributed by atoms with Gasteiger partial charge in [0.1, 0.15) is 6.29 Å². The quantitative estimate of drug-likeness (QED) is 0.367. The lowest BCUT2D eigenvalue weighted by Gasteiger charge is -2.05. The first-order chi connectivity index (χ1) is 7.99. The average molecular weight is 302 g/mol. The second-order valence-corrected chi connectivity index (χ2v) is 3.98. The summed E-state index contributed by atoms with van der Waals surface area (Å²) in [7, 11) is 1.20. The van der Waals surface area contributed by atoms with Gasteiger partial charge in [-0.3, -0.25) is 19.7 Å². The number of carbonyl (C=O) groups excluding carboxylic acids is 2. The van der Waals surface area contributed by atoms with Crippen LogP contribution in [0.5, 0.6) is 0 Å². The first-order valence-electron chi connectivity index (χ1n) is 4.48. The second-order valence-electron chi connectivity index (χ2n) is 3.13. The Labute approximate surface area is 105 Å². The number of hydrogen-bond acceptors (Lipinski definition) is 5. The third-order valence-corrected chi connectivity index (χ3v) is 2.73. The molecule has 17 heavy (non-hydrogen) atoms. The Morgan fingerprint density at radius 1 is 1.59 bits per heavy atom. The van der Waals surface area contributed by atoms with Gasteiger partial charge in [-0.15, -0.1) is 0 Å². The Balaban J connectivity index is 3.26. The Kier molecular flexibility index (Phi) is 4.33. The van der Waals surface area contributed by atoms with Gasteiger partial charge in [-0.2, -0.15) is 0 Å². The van der Waals surface area contributed by atoms with Crippen LogP contribution in [-0.2, 0) is 16.0 Å². The van der Waals surface area contributed by atoms with E-state index in [2.05, 4.69) is 20.7 Å². The molecule has 0 fully saturated rings. The lowest BCUT2D eigenvalue weighted by Crippen LogP contribution is -2.07. The van der Waals surface area contributed by atoms with E-state index in [9.17, 15) is 19.7 Å². The van der Waals surface area contributed by atoms with E-state index in [1.165, 1.54) is 19.2 Å².